The maximum absolute atomic E-state index is 15.4. The molecular weight excluding hydrogens is 563 g/mol. The summed E-state index contributed by atoms with van der Waals surface area (Å²) in [7, 11) is 0. The van der Waals surface area contributed by atoms with E-state index in [2.05, 4.69) is 9.97 Å². The van der Waals surface area contributed by atoms with E-state index in [4.69, 9.17) is 19.7 Å². The van der Waals surface area contributed by atoms with Crippen LogP contribution in [0.1, 0.15) is 39.3 Å². The lowest BCUT2D eigenvalue weighted by molar-refractivity contribution is -0.0589. The van der Waals surface area contributed by atoms with Gasteiger partial charge in [0.15, 0.2) is 0 Å². The molecule has 1 saturated heterocycles. The van der Waals surface area contributed by atoms with Crippen molar-refractivity contribution in [1.29, 1.82) is 5.26 Å². The van der Waals surface area contributed by atoms with Crippen LogP contribution < -0.4 is 4.74 Å². The van der Waals surface area contributed by atoms with Crippen LogP contribution in [0.5, 0.6) is 6.01 Å². The predicted octanol–water partition coefficient (Wildman–Crippen LogP) is 5.44. The van der Waals surface area contributed by atoms with Gasteiger partial charge in [-0.3, -0.25) is 0 Å². The van der Waals surface area contributed by atoms with Crippen LogP contribution in [-0.2, 0) is 24.3 Å². The van der Waals surface area contributed by atoms with Crippen LogP contribution in [0, 0.1) is 28.8 Å². The minimum Gasteiger partial charge on any atom is -0.478 e. The van der Waals surface area contributed by atoms with Crippen LogP contribution in [0.3, 0.4) is 0 Å². The van der Waals surface area contributed by atoms with Crippen LogP contribution >= 0.6 is 0 Å². The van der Waals surface area contributed by atoms with Crippen molar-refractivity contribution in [3.8, 4) is 23.3 Å². The molecule has 0 unspecified atom stereocenters. The van der Waals surface area contributed by atoms with Gasteiger partial charge in [-0.1, -0.05) is 6.07 Å². The van der Waals surface area contributed by atoms with Gasteiger partial charge in [0.25, 0.3) is 0 Å². The molecule has 0 bridgehead atoms. The summed E-state index contributed by atoms with van der Waals surface area (Å²) in [5.41, 5.74) is 1.92. The van der Waals surface area contributed by atoms with Crippen molar-refractivity contribution >= 4 is 17.0 Å². The van der Waals surface area contributed by atoms with Gasteiger partial charge >= 0.3 is 12.0 Å². The molecule has 1 N–H and O–H groups in total. The number of halogens is 3. The van der Waals surface area contributed by atoms with Crippen molar-refractivity contribution in [2.45, 2.75) is 32.1 Å². The highest BCUT2D eigenvalue weighted by Crippen LogP contribution is 2.27. The molecule has 0 amide bonds. The molecule has 6 rings (SSSR count). The van der Waals surface area contributed by atoms with Crippen molar-refractivity contribution in [1.82, 2.24) is 19.5 Å². The monoisotopic (exact) mass is 585 g/mol. The highest BCUT2D eigenvalue weighted by atomic mass is 19.1. The highest BCUT2D eigenvalue weighted by Gasteiger charge is 2.23. The second kappa shape index (κ2) is 11.5. The van der Waals surface area contributed by atoms with E-state index in [-0.39, 0.29) is 40.9 Å². The summed E-state index contributed by atoms with van der Waals surface area (Å²) >= 11 is 0. The van der Waals surface area contributed by atoms with Crippen LogP contribution in [0.4, 0.5) is 13.2 Å². The Labute approximate surface area is 242 Å². The molecule has 3 heterocycles. The Bertz CT molecular complexity index is 1920. The van der Waals surface area contributed by atoms with Crippen LogP contribution in [0.25, 0.3) is 22.3 Å². The van der Waals surface area contributed by atoms with E-state index in [9.17, 15) is 18.7 Å². The average molecular weight is 586 g/mol. The zero-order chi connectivity index (χ0) is 30.1. The number of benzene rings is 3. The predicted molar refractivity (Wildman–Crippen MR) is 147 cm³/mol. The fourth-order valence-corrected chi connectivity index (χ4v) is 4.82. The van der Waals surface area contributed by atoms with Crippen molar-refractivity contribution in [2.75, 3.05) is 6.61 Å². The topological polar surface area (TPSA) is 123 Å². The molecule has 1 aliphatic rings. The van der Waals surface area contributed by atoms with E-state index in [0.717, 1.165) is 18.6 Å². The molecule has 12 heteroatoms. The number of rotatable bonds is 9. The number of hydrogen-bond acceptors (Lipinski definition) is 7. The fraction of sp³-hybridized carbons (Fsp3) is 0.194. The van der Waals surface area contributed by atoms with Gasteiger partial charge in [0.2, 0.25) is 0 Å². The largest absolute Gasteiger partial charge is 0.478 e. The number of imidazole rings is 1. The van der Waals surface area contributed by atoms with Gasteiger partial charge in [0.1, 0.15) is 36.0 Å². The number of nitriles is 1. The van der Waals surface area contributed by atoms with Gasteiger partial charge in [-0.25, -0.2) is 27.9 Å². The van der Waals surface area contributed by atoms with E-state index in [0.29, 0.717) is 35.6 Å². The molecule has 5 aromatic rings. The van der Waals surface area contributed by atoms with Crippen molar-refractivity contribution in [3.05, 3.63) is 106 Å². The lowest BCUT2D eigenvalue weighted by Gasteiger charge is -2.27. The van der Waals surface area contributed by atoms with Crippen molar-refractivity contribution in [3.63, 3.8) is 0 Å². The lowest BCUT2D eigenvalue weighted by atomic mass is 10.1. The minimum absolute atomic E-state index is 0.00893. The maximum atomic E-state index is 15.4. The van der Waals surface area contributed by atoms with Crippen LogP contribution in [0.2, 0.25) is 0 Å². The van der Waals surface area contributed by atoms with E-state index in [1.807, 2.05) is 4.57 Å². The minimum atomic E-state index is -1.04. The van der Waals surface area contributed by atoms with Gasteiger partial charge in [-0.05, 0) is 60.5 Å². The third-order valence-corrected chi connectivity index (χ3v) is 7.17. The van der Waals surface area contributed by atoms with Gasteiger partial charge in [0.05, 0.1) is 40.5 Å². The van der Waals surface area contributed by atoms with E-state index >= 15 is 4.39 Å². The first-order chi connectivity index (χ1) is 20.8. The third-order valence-electron chi connectivity index (χ3n) is 7.17. The number of carboxylic acids is 1. The lowest BCUT2D eigenvalue weighted by Crippen LogP contribution is -2.31. The molecule has 1 aliphatic heterocycles. The number of carboxylic acid groups (broad SMARTS) is 1. The van der Waals surface area contributed by atoms with E-state index in [1.165, 1.54) is 24.4 Å². The smallest absolute Gasteiger partial charge is 0.335 e. The standard InChI is InChI=1S/C31H22F3N5O4/c32-23-12-20(24(33)11-19(23)14-35)16-43-31-36-7-5-26(38-31)22-3-1-17(9-25(22)34)10-29-37-27-4-2-18(30(40)41)13-28(27)39(29)15-21-6-8-42-21/h1-5,7,9,11-13,21H,6,8,10,15-16H2,(H,40,41)/t21-/m0/s1. The number of nitrogens with zero attached hydrogens (tertiary/aromatic N) is 5. The van der Waals surface area contributed by atoms with Gasteiger partial charge < -0.3 is 19.1 Å². The molecule has 0 saturated carbocycles. The number of aromatic carboxylic acids is 1. The Kier molecular flexibility index (Phi) is 7.48. The first-order valence-electron chi connectivity index (χ1n) is 13.3. The molecule has 0 radical (unpaired) electrons. The molecule has 0 aliphatic carbocycles. The van der Waals surface area contributed by atoms with E-state index < -0.39 is 35.6 Å². The first kappa shape index (κ1) is 27.9. The molecule has 3 aromatic carbocycles. The number of hydrogen-bond donors (Lipinski definition) is 1. The average Bonchev–Trinajstić information content (AvgIpc) is 3.31. The van der Waals surface area contributed by atoms with Gasteiger partial charge in [0, 0.05) is 30.4 Å². The molecule has 1 fully saturated rings. The zero-order valence-electron chi connectivity index (χ0n) is 22.4. The summed E-state index contributed by atoms with van der Waals surface area (Å²) in [5, 5.41) is 18.3. The SMILES string of the molecule is N#Cc1cc(F)c(COc2nccc(-c3ccc(Cc4nc5ccc(C(=O)O)cc5n4C[C@@H]4CCO4)cc3F)n2)cc1F. The number of ether oxygens (including phenoxy) is 2. The quantitative estimate of drug-likeness (QED) is 0.243. The zero-order valence-corrected chi connectivity index (χ0v) is 22.4. The third kappa shape index (κ3) is 5.75. The highest BCUT2D eigenvalue weighted by molar-refractivity contribution is 5.92. The molecule has 0 spiro atoms. The molecular formula is C31H22F3N5O4. The summed E-state index contributed by atoms with van der Waals surface area (Å²) in [6.45, 7) is 0.763. The van der Waals surface area contributed by atoms with Gasteiger partial charge in [-0.2, -0.15) is 10.2 Å². The van der Waals surface area contributed by atoms with Gasteiger partial charge in [-0.15, -0.1) is 0 Å². The Morgan fingerprint density at radius 1 is 1.07 bits per heavy atom. The van der Waals surface area contributed by atoms with Crippen molar-refractivity contribution < 1.29 is 32.5 Å². The first-order valence-corrected chi connectivity index (χ1v) is 13.3. The summed E-state index contributed by atoms with van der Waals surface area (Å²) in [6.07, 6.45) is 2.51. The molecule has 9 nitrogen and oxygen atoms in total. The Balaban J connectivity index is 1.23. The number of aromatic nitrogens is 4. The summed E-state index contributed by atoms with van der Waals surface area (Å²) < 4.78 is 56.4. The molecule has 2 aromatic heterocycles. The number of carbonyl (C=O) groups is 1. The van der Waals surface area contributed by atoms with Crippen LogP contribution in [0.15, 0.2) is 60.8 Å². The fourth-order valence-electron chi connectivity index (χ4n) is 4.82. The second-order valence-electron chi connectivity index (χ2n) is 9.97. The summed E-state index contributed by atoms with van der Waals surface area (Å²) in [4.78, 5) is 24.4. The summed E-state index contributed by atoms with van der Waals surface area (Å²) in [5.74, 6) is -2.64. The summed E-state index contributed by atoms with van der Waals surface area (Å²) in [6, 6.07) is 14.0. The van der Waals surface area contributed by atoms with Crippen LogP contribution in [-0.4, -0.2) is 43.3 Å². The molecule has 43 heavy (non-hydrogen) atoms. The Morgan fingerprint density at radius 3 is 2.63 bits per heavy atom. The Morgan fingerprint density at radius 2 is 1.91 bits per heavy atom. The normalized spacial score (nSPS) is 14.3. The number of fused-ring (bicyclic) bond motifs is 1. The molecule has 1 atom stereocenters. The molecule has 216 valence electrons. The second-order valence-corrected chi connectivity index (χ2v) is 9.97. The maximum Gasteiger partial charge on any atom is 0.335 e. The van der Waals surface area contributed by atoms with Crippen molar-refractivity contribution in [2.24, 2.45) is 0 Å². The van der Waals surface area contributed by atoms with E-state index in [1.54, 1.807) is 30.3 Å². The Hall–Kier alpha value is -5.28.